The highest BCUT2D eigenvalue weighted by molar-refractivity contribution is 6.30. The molecule has 1 amide bonds. The fourth-order valence-corrected chi connectivity index (χ4v) is 4.57. The van der Waals surface area contributed by atoms with Gasteiger partial charge in [-0.25, -0.2) is 4.98 Å². The topological polar surface area (TPSA) is 63.1 Å². The number of nitrogens with one attached hydrogen (secondary N) is 1. The molecule has 5 rings (SSSR count). The second-order valence-corrected chi connectivity index (χ2v) is 8.73. The van der Waals surface area contributed by atoms with Gasteiger partial charge in [0.1, 0.15) is 6.54 Å². The Morgan fingerprint density at radius 1 is 1.03 bits per heavy atom. The molecule has 7 heteroatoms. The van der Waals surface area contributed by atoms with E-state index in [1.165, 1.54) is 0 Å². The number of benzene rings is 1. The molecule has 0 unspecified atom stereocenters. The van der Waals surface area contributed by atoms with E-state index in [2.05, 4.69) is 15.3 Å². The first kappa shape index (κ1) is 19.3. The van der Waals surface area contributed by atoms with Crippen LogP contribution in [0.5, 0.6) is 0 Å². The first-order chi connectivity index (χ1) is 14.6. The van der Waals surface area contributed by atoms with E-state index in [4.69, 9.17) is 11.6 Å². The molecule has 2 aromatic heterocycles. The van der Waals surface area contributed by atoms with Gasteiger partial charge >= 0.3 is 0 Å². The Kier molecular flexibility index (Phi) is 5.05. The average molecular weight is 422 g/mol. The Labute approximate surface area is 180 Å². The first-order valence-electron chi connectivity index (χ1n) is 10.3. The SMILES string of the molecule is O=C(Cn1cnc(-c2ccc(Cl)cc2)c1-c1ccncc1)N1CCC2(CC1)CNC2. The van der Waals surface area contributed by atoms with Gasteiger partial charge in [-0.3, -0.25) is 9.78 Å². The molecule has 2 fully saturated rings. The summed E-state index contributed by atoms with van der Waals surface area (Å²) in [6, 6.07) is 11.5. The molecule has 1 N–H and O–H groups in total. The van der Waals surface area contributed by atoms with Crippen LogP contribution in [0.25, 0.3) is 22.5 Å². The largest absolute Gasteiger partial charge is 0.341 e. The second kappa shape index (κ2) is 7.85. The normalized spacial score (nSPS) is 17.7. The third-order valence-electron chi connectivity index (χ3n) is 6.39. The van der Waals surface area contributed by atoms with Gasteiger partial charge in [0.05, 0.1) is 17.7 Å². The number of aromatic nitrogens is 3. The van der Waals surface area contributed by atoms with E-state index < -0.39 is 0 Å². The minimum absolute atomic E-state index is 0.146. The summed E-state index contributed by atoms with van der Waals surface area (Å²) in [5.74, 6) is 0.146. The zero-order chi connectivity index (χ0) is 20.6. The molecule has 2 saturated heterocycles. The maximum atomic E-state index is 13.1. The summed E-state index contributed by atoms with van der Waals surface area (Å²) in [5, 5.41) is 4.06. The summed E-state index contributed by atoms with van der Waals surface area (Å²) in [5.41, 5.74) is 4.14. The highest BCUT2D eigenvalue weighted by atomic mass is 35.5. The van der Waals surface area contributed by atoms with Crippen molar-refractivity contribution in [2.45, 2.75) is 19.4 Å². The standard InChI is InChI=1S/C23H24ClN5O/c24-19-3-1-17(2-4-19)21-22(18-5-9-25-10-6-18)29(16-27-21)13-20(30)28-11-7-23(8-12-28)14-26-15-23/h1-6,9-10,16,26H,7-8,11-15H2. The van der Waals surface area contributed by atoms with Crippen LogP contribution in [0.15, 0.2) is 55.1 Å². The lowest BCUT2D eigenvalue weighted by atomic mass is 9.73. The molecule has 30 heavy (non-hydrogen) atoms. The van der Waals surface area contributed by atoms with Gasteiger partial charge in [0.2, 0.25) is 5.91 Å². The van der Waals surface area contributed by atoms with Gasteiger partial charge in [0.15, 0.2) is 0 Å². The average Bonchev–Trinajstić information content (AvgIpc) is 3.17. The fraction of sp³-hybridized carbons (Fsp3) is 0.348. The number of halogens is 1. The van der Waals surface area contributed by atoms with Crippen molar-refractivity contribution in [3.63, 3.8) is 0 Å². The number of nitrogens with zero attached hydrogens (tertiary/aromatic N) is 4. The van der Waals surface area contributed by atoms with Gasteiger partial charge in [-0.05, 0) is 42.5 Å². The molecule has 2 aliphatic rings. The van der Waals surface area contributed by atoms with E-state index in [1.54, 1.807) is 18.7 Å². The molecule has 2 aliphatic heterocycles. The molecule has 1 aromatic carbocycles. The molecule has 1 spiro atoms. The fourth-order valence-electron chi connectivity index (χ4n) is 4.44. The third kappa shape index (κ3) is 3.61. The van der Waals surface area contributed by atoms with E-state index >= 15 is 0 Å². The zero-order valence-electron chi connectivity index (χ0n) is 16.7. The Balaban J connectivity index is 1.42. The molecule has 0 atom stereocenters. The number of imidazole rings is 1. The summed E-state index contributed by atoms with van der Waals surface area (Å²) >= 11 is 6.06. The number of hydrogen-bond donors (Lipinski definition) is 1. The number of piperidine rings is 1. The van der Waals surface area contributed by atoms with Crippen molar-refractivity contribution in [3.8, 4) is 22.5 Å². The molecule has 154 valence electrons. The van der Waals surface area contributed by atoms with E-state index in [1.807, 2.05) is 45.9 Å². The molecule has 0 aliphatic carbocycles. The quantitative estimate of drug-likeness (QED) is 0.700. The molecule has 4 heterocycles. The van der Waals surface area contributed by atoms with Crippen LogP contribution in [-0.2, 0) is 11.3 Å². The van der Waals surface area contributed by atoms with Gasteiger partial charge in [0.25, 0.3) is 0 Å². The molecular formula is C23H24ClN5O. The Bertz CT molecular complexity index is 1030. The van der Waals surface area contributed by atoms with Crippen LogP contribution in [0.3, 0.4) is 0 Å². The van der Waals surface area contributed by atoms with Crippen LogP contribution < -0.4 is 5.32 Å². The number of pyridine rings is 1. The summed E-state index contributed by atoms with van der Waals surface area (Å²) in [4.78, 5) is 23.9. The van der Waals surface area contributed by atoms with Crippen molar-refractivity contribution < 1.29 is 4.79 Å². The monoisotopic (exact) mass is 421 g/mol. The first-order valence-corrected chi connectivity index (χ1v) is 10.7. The highest BCUT2D eigenvalue weighted by Crippen LogP contribution is 2.35. The van der Waals surface area contributed by atoms with Gasteiger partial charge in [-0.15, -0.1) is 0 Å². The summed E-state index contributed by atoms with van der Waals surface area (Å²) in [6.07, 6.45) is 7.46. The molecule has 3 aromatic rings. The number of amides is 1. The Morgan fingerprint density at radius 2 is 1.73 bits per heavy atom. The van der Waals surface area contributed by atoms with Crippen molar-refractivity contribution in [1.82, 2.24) is 24.8 Å². The van der Waals surface area contributed by atoms with Gasteiger partial charge in [0, 0.05) is 54.7 Å². The van der Waals surface area contributed by atoms with Gasteiger partial charge in [-0.1, -0.05) is 23.7 Å². The Morgan fingerprint density at radius 3 is 2.37 bits per heavy atom. The van der Waals surface area contributed by atoms with Crippen molar-refractivity contribution in [1.29, 1.82) is 0 Å². The summed E-state index contributed by atoms with van der Waals surface area (Å²) in [7, 11) is 0. The maximum Gasteiger partial charge on any atom is 0.242 e. The minimum atomic E-state index is 0.146. The third-order valence-corrected chi connectivity index (χ3v) is 6.64. The Hall–Kier alpha value is -2.70. The molecule has 6 nitrogen and oxygen atoms in total. The second-order valence-electron chi connectivity index (χ2n) is 8.30. The summed E-state index contributed by atoms with van der Waals surface area (Å²) < 4.78 is 1.96. The zero-order valence-corrected chi connectivity index (χ0v) is 17.5. The van der Waals surface area contributed by atoms with Crippen LogP contribution in [0, 0.1) is 5.41 Å². The molecule has 0 radical (unpaired) electrons. The number of likely N-dealkylation sites (tertiary alicyclic amines) is 1. The smallest absolute Gasteiger partial charge is 0.242 e. The van der Waals surface area contributed by atoms with Gasteiger partial charge < -0.3 is 14.8 Å². The van der Waals surface area contributed by atoms with Crippen LogP contribution >= 0.6 is 11.6 Å². The van der Waals surface area contributed by atoms with Gasteiger partial charge in [-0.2, -0.15) is 0 Å². The van der Waals surface area contributed by atoms with E-state index in [0.717, 1.165) is 61.5 Å². The predicted molar refractivity (Wildman–Crippen MR) is 117 cm³/mol. The number of rotatable bonds is 4. The summed E-state index contributed by atoms with van der Waals surface area (Å²) in [6.45, 7) is 4.14. The number of hydrogen-bond acceptors (Lipinski definition) is 4. The molecule has 0 bridgehead atoms. The van der Waals surface area contributed by atoms with Crippen molar-refractivity contribution >= 4 is 17.5 Å². The predicted octanol–water partition coefficient (Wildman–Crippen LogP) is 3.48. The lowest BCUT2D eigenvalue weighted by Crippen LogP contribution is -2.59. The van der Waals surface area contributed by atoms with E-state index in [-0.39, 0.29) is 12.5 Å². The van der Waals surface area contributed by atoms with E-state index in [9.17, 15) is 4.79 Å². The van der Waals surface area contributed by atoms with Crippen molar-refractivity contribution in [2.75, 3.05) is 26.2 Å². The number of carbonyl (C=O) groups is 1. The van der Waals surface area contributed by atoms with Crippen molar-refractivity contribution in [3.05, 3.63) is 60.1 Å². The van der Waals surface area contributed by atoms with Crippen LogP contribution in [0.2, 0.25) is 5.02 Å². The lowest BCUT2D eigenvalue weighted by molar-refractivity contribution is -0.134. The minimum Gasteiger partial charge on any atom is -0.341 e. The highest BCUT2D eigenvalue weighted by Gasteiger charge is 2.40. The molecular weight excluding hydrogens is 398 g/mol. The number of carbonyl (C=O) groups excluding carboxylic acids is 1. The molecule has 0 saturated carbocycles. The van der Waals surface area contributed by atoms with Crippen molar-refractivity contribution in [2.24, 2.45) is 5.41 Å². The lowest BCUT2D eigenvalue weighted by Gasteiger charge is -2.48. The van der Waals surface area contributed by atoms with Crippen LogP contribution in [0.1, 0.15) is 12.8 Å². The van der Waals surface area contributed by atoms with E-state index in [0.29, 0.717) is 10.4 Å². The maximum absolute atomic E-state index is 13.1. The van der Waals surface area contributed by atoms with Crippen LogP contribution in [-0.4, -0.2) is 51.5 Å². The van der Waals surface area contributed by atoms with Crippen LogP contribution in [0.4, 0.5) is 0 Å².